The minimum atomic E-state index is 0.584. The summed E-state index contributed by atoms with van der Waals surface area (Å²) in [6.07, 6.45) is 0. The Kier molecular flexibility index (Phi) is 8.01. The fourth-order valence-corrected chi connectivity index (χ4v) is 10.5. The van der Waals surface area contributed by atoms with Gasteiger partial charge >= 0.3 is 0 Å². The van der Waals surface area contributed by atoms with E-state index in [-0.39, 0.29) is 0 Å². The molecule has 9 aromatic carbocycles. The van der Waals surface area contributed by atoms with Crippen LogP contribution in [0, 0.1) is 0 Å². The van der Waals surface area contributed by atoms with E-state index in [1.54, 1.807) is 11.3 Å². The molecule has 0 fully saturated rings. The van der Waals surface area contributed by atoms with E-state index in [4.69, 9.17) is 19.4 Å². The Hall–Kier alpha value is -8.19. The predicted molar refractivity (Wildman–Crippen MR) is 262 cm³/mol. The van der Waals surface area contributed by atoms with Gasteiger partial charge in [-0.1, -0.05) is 146 Å². The van der Waals surface area contributed by atoms with Gasteiger partial charge in [-0.3, -0.25) is 0 Å². The van der Waals surface area contributed by atoms with E-state index in [2.05, 4.69) is 174 Å². The molecule has 294 valence electrons. The molecule has 0 spiro atoms. The minimum Gasteiger partial charge on any atom is -0.456 e. The maximum Gasteiger partial charge on any atom is 0.164 e. The molecule has 0 radical (unpaired) electrons. The van der Waals surface area contributed by atoms with Crippen molar-refractivity contribution in [2.75, 3.05) is 0 Å². The third-order valence-corrected chi connectivity index (χ3v) is 13.4. The molecule has 5 nitrogen and oxygen atoms in total. The lowest BCUT2D eigenvalue weighted by Gasteiger charge is -2.11. The van der Waals surface area contributed by atoms with Crippen molar-refractivity contribution in [3.05, 3.63) is 206 Å². The normalized spacial score (nSPS) is 11.8. The van der Waals surface area contributed by atoms with Crippen molar-refractivity contribution in [1.29, 1.82) is 0 Å². The van der Waals surface area contributed by atoms with Gasteiger partial charge in [-0.25, -0.2) is 15.0 Å². The summed E-state index contributed by atoms with van der Waals surface area (Å²) in [6, 6.07) is 72.7. The van der Waals surface area contributed by atoms with Crippen molar-refractivity contribution >= 4 is 75.3 Å². The molecule has 0 aliphatic rings. The van der Waals surface area contributed by atoms with Crippen LogP contribution in [-0.2, 0) is 0 Å². The number of para-hydroxylation sites is 3. The second kappa shape index (κ2) is 14.2. The van der Waals surface area contributed by atoms with Crippen LogP contribution in [0.4, 0.5) is 0 Å². The maximum absolute atomic E-state index is 6.53. The van der Waals surface area contributed by atoms with E-state index in [0.717, 1.165) is 60.8 Å². The summed E-state index contributed by atoms with van der Waals surface area (Å²) in [7, 11) is 0. The van der Waals surface area contributed by atoms with Crippen molar-refractivity contribution in [1.82, 2.24) is 19.5 Å². The van der Waals surface area contributed by atoms with E-state index in [9.17, 15) is 0 Å². The molecule has 0 atom stereocenters. The van der Waals surface area contributed by atoms with Gasteiger partial charge in [0.25, 0.3) is 0 Å². The molecule has 0 unspecified atom stereocenters. The first kappa shape index (κ1) is 35.6. The molecule has 4 heterocycles. The van der Waals surface area contributed by atoms with Crippen molar-refractivity contribution < 1.29 is 4.42 Å². The monoisotopic (exact) mass is 822 g/mol. The molecule has 13 aromatic rings. The average molecular weight is 823 g/mol. The zero-order valence-electron chi connectivity index (χ0n) is 33.7. The Morgan fingerprint density at radius 2 is 1.00 bits per heavy atom. The van der Waals surface area contributed by atoms with E-state index in [1.807, 2.05) is 36.4 Å². The van der Waals surface area contributed by atoms with Crippen molar-refractivity contribution in [3.8, 4) is 62.1 Å². The van der Waals surface area contributed by atoms with Crippen molar-refractivity contribution in [2.45, 2.75) is 0 Å². The Balaban J connectivity index is 0.975. The third-order valence-electron chi connectivity index (χ3n) is 12.2. The maximum atomic E-state index is 6.53. The Labute approximate surface area is 365 Å². The summed E-state index contributed by atoms with van der Waals surface area (Å²) < 4.78 is 11.3. The van der Waals surface area contributed by atoms with Crippen LogP contribution >= 0.6 is 11.3 Å². The number of furan rings is 1. The SMILES string of the molecule is c1ccc(-c2nc(-c3cc(-c4ccccc4)c4c(c3)oc3ccccc34)nc(-c3cccc4sc5cc(-c6ccc7c(c6)c6ccccc6n7-c6ccccc6)ccc5c34)n2)cc1. The number of rotatable bonds is 6. The quantitative estimate of drug-likeness (QED) is 0.168. The van der Waals surface area contributed by atoms with Gasteiger partial charge in [0.2, 0.25) is 0 Å². The fraction of sp³-hybridized carbons (Fsp3) is 0. The highest BCUT2D eigenvalue weighted by Gasteiger charge is 2.21. The number of hydrogen-bond donors (Lipinski definition) is 0. The molecular formula is C57H34N4OS. The van der Waals surface area contributed by atoms with E-state index < -0.39 is 0 Å². The molecule has 0 saturated heterocycles. The largest absolute Gasteiger partial charge is 0.456 e. The second-order valence-electron chi connectivity index (χ2n) is 15.9. The van der Waals surface area contributed by atoms with Crippen LogP contribution in [0.5, 0.6) is 0 Å². The molecule has 0 N–H and O–H groups in total. The standard InChI is InChI=1S/C57H34N4OS/c1-4-15-35(16-5-1)45-32-39(33-50-53(45)42-22-11-13-25-49(42)62-50)56-58-55(36-17-6-2-7-18-36)59-57(60-56)44-23-14-26-51-54(44)43-29-27-38(34-52(43)63-51)37-28-30-48-46(31-37)41-21-10-12-24-47(41)61(48)40-19-8-3-9-20-40/h1-34H. The minimum absolute atomic E-state index is 0.584. The fourth-order valence-electron chi connectivity index (χ4n) is 9.37. The van der Waals surface area contributed by atoms with Crippen LogP contribution in [-0.4, -0.2) is 19.5 Å². The molecule has 0 amide bonds. The highest BCUT2D eigenvalue weighted by Crippen LogP contribution is 2.44. The molecule has 13 rings (SSSR count). The average Bonchev–Trinajstić information content (AvgIpc) is 4.03. The smallest absolute Gasteiger partial charge is 0.164 e. The zero-order chi connectivity index (χ0) is 41.4. The lowest BCUT2D eigenvalue weighted by atomic mass is 9.96. The molecule has 6 heteroatoms. The molecule has 4 aromatic heterocycles. The van der Waals surface area contributed by atoms with Crippen LogP contribution < -0.4 is 0 Å². The number of fused-ring (bicyclic) bond motifs is 9. The Morgan fingerprint density at radius 3 is 1.83 bits per heavy atom. The summed E-state index contributed by atoms with van der Waals surface area (Å²) in [5, 5.41) is 6.95. The van der Waals surface area contributed by atoms with Gasteiger partial charge in [-0.05, 0) is 82.9 Å². The van der Waals surface area contributed by atoms with E-state index in [0.29, 0.717) is 17.5 Å². The summed E-state index contributed by atoms with van der Waals surface area (Å²) in [4.78, 5) is 15.7. The summed E-state index contributed by atoms with van der Waals surface area (Å²) in [5.74, 6) is 1.82. The first-order valence-corrected chi connectivity index (χ1v) is 21.9. The predicted octanol–water partition coefficient (Wildman–Crippen LogP) is 15.6. The number of nitrogens with zero attached hydrogens (tertiary/aromatic N) is 4. The van der Waals surface area contributed by atoms with Gasteiger partial charge in [-0.2, -0.15) is 0 Å². The van der Waals surface area contributed by atoms with E-state index in [1.165, 1.54) is 47.7 Å². The Bertz CT molecular complexity index is 3910. The van der Waals surface area contributed by atoms with Gasteiger partial charge in [-0.15, -0.1) is 11.3 Å². The number of thiophene rings is 1. The first-order chi connectivity index (χ1) is 31.2. The Morgan fingerprint density at radius 1 is 0.349 bits per heavy atom. The molecule has 0 bridgehead atoms. The summed E-state index contributed by atoms with van der Waals surface area (Å²) in [5.41, 5.74) is 12.5. The number of hydrogen-bond acceptors (Lipinski definition) is 5. The molecule has 0 saturated carbocycles. The van der Waals surface area contributed by atoms with Crippen molar-refractivity contribution in [2.24, 2.45) is 0 Å². The van der Waals surface area contributed by atoms with Crippen LogP contribution in [0.2, 0.25) is 0 Å². The highest BCUT2D eigenvalue weighted by atomic mass is 32.1. The van der Waals surface area contributed by atoms with Gasteiger partial charge in [0.05, 0.1) is 11.0 Å². The molecular weight excluding hydrogens is 789 g/mol. The lowest BCUT2D eigenvalue weighted by Crippen LogP contribution is -2.00. The van der Waals surface area contributed by atoms with Crippen LogP contribution in [0.1, 0.15) is 0 Å². The highest BCUT2D eigenvalue weighted by molar-refractivity contribution is 7.26. The summed E-state index contributed by atoms with van der Waals surface area (Å²) in [6.45, 7) is 0. The van der Waals surface area contributed by atoms with Crippen LogP contribution in [0.3, 0.4) is 0 Å². The number of benzene rings is 9. The van der Waals surface area contributed by atoms with Crippen molar-refractivity contribution in [3.63, 3.8) is 0 Å². The molecule has 63 heavy (non-hydrogen) atoms. The van der Waals surface area contributed by atoms with Gasteiger partial charge in [0.1, 0.15) is 11.2 Å². The zero-order valence-corrected chi connectivity index (χ0v) is 34.6. The second-order valence-corrected chi connectivity index (χ2v) is 17.0. The molecule has 0 aliphatic heterocycles. The van der Waals surface area contributed by atoms with Gasteiger partial charge in [0.15, 0.2) is 17.5 Å². The number of aromatic nitrogens is 4. The van der Waals surface area contributed by atoms with Crippen LogP contribution in [0.25, 0.3) is 126 Å². The first-order valence-electron chi connectivity index (χ1n) is 21.1. The van der Waals surface area contributed by atoms with Gasteiger partial charge in [0, 0.05) is 64.1 Å². The van der Waals surface area contributed by atoms with Gasteiger partial charge < -0.3 is 8.98 Å². The molecule has 0 aliphatic carbocycles. The summed E-state index contributed by atoms with van der Waals surface area (Å²) >= 11 is 1.80. The van der Waals surface area contributed by atoms with Crippen LogP contribution in [0.15, 0.2) is 211 Å². The lowest BCUT2D eigenvalue weighted by molar-refractivity contribution is 0.669. The third kappa shape index (κ3) is 5.80. The topological polar surface area (TPSA) is 56.7 Å². The van der Waals surface area contributed by atoms with E-state index >= 15 is 0 Å².